The van der Waals surface area contributed by atoms with Gasteiger partial charge < -0.3 is 5.32 Å². The zero-order valence-corrected chi connectivity index (χ0v) is 13.1. The van der Waals surface area contributed by atoms with Crippen LogP contribution in [0.2, 0.25) is 5.02 Å². The third kappa shape index (κ3) is 3.36. The summed E-state index contributed by atoms with van der Waals surface area (Å²) in [6.45, 7) is 1.71. The largest absolute Gasteiger partial charge is 0.390 e. The van der Waals surface area contributed by atoms with Crippen molar-refractivity contribution in [3.63, 3.8) is 0 Å². The van der Waals surface area contributed by atoms with Crippen molar-refractivity contribution in [1.82, 2.24) is 5.32 Å². The second-order valence-corrected chi connectivity index (χ2v) is 5.21. The Labute approximate surface area is 134 Å². The van der Waals surface area contributed by atoms with Crippen molar-refractivity contribution in [2.24, 2.45) is 0 Å². The molecule has 0 aliphatic heterocycles. The van der Waals surface area contributed by atoms with Gasteiger partial charge in [0.25, 0.3) is 0 Å². The van der Waals surface area contributed by atoms with Crippen LogP contribution in [0.1, 0.15) is 17.3 Å². The van der Waals surface area contributed by atoms with Crippen molar-refractivity contribution < 1.29 is 4.79 Å². The number of nitrogens with one attached hydrogen (secondary N) is 1. The van der Waals surface area contributed by atoms with Gasteiger partial charge in [0, 0.05) is 23.3 Å². The fourth-order valence-corrected chi connectivity index (χ4v) is 2.16. The molecule has 4 heteroatoms. The van der Waals surface area contributed by atoms with Crippen LogP contribution in [0.5, 0.6) is 0 Å². The molecule has 2 aromatic rings. The highest BCUT2D eigenvalue weighted by Crippen LogP contribution is 2.22. The summed E-state index contributed by atoms with van der Waals surface area (Å²) in [4.78, 5) is 12.3. The quantitative estimate of drug-likeness (QED) is 0.523. The maximum absolute atomic E-state index is 12.3. The molecule has 0 aliphatic carbocycles. The lowest BCUT2D eigenvalue weighted by Gasteiger charge is -2.06. The minimum atomic E-state index is -0.281. The number of ketones is 1. The standard InChI is InChI=1S/C18H15ClN2O/c1-12(21-2)17(11-20)18(22)15-5-3-13(4-6-15)14-7-9-16(19)10-8-14/h3-10,21H,1-2H3/b17-12-. The number of allylic oxidation sites excluding steroid dienone is 2. The minimum absolute atomic E-state index is 0.127. The van der Waals surface area contributed by atoms with Crippen LogP contribution < -0.4 is 5.32 Å². The molecule has 0 atom stereocenters. The number of hydrogen-bond acceptors (Lipinski definition) is 3. The molecule has 2 rings (SSSR count). The number of carbonyl (C=O) groups is 1. The van der Waals surface area contributed by atoms with E-state index in [9.17, 15) is 4.79 Å². The van der Waals surface area contributed by atoms with E-state index in [1.165, 1.54) is 0 Å². The highest BCUT2D eigenvalue weighted by Gasteiger charge is 2.14. The van der Waals surface area contributed by atoms with Gasteiger partial charge in [-0.2, -0.15) is 5.26 Å². The van der Waals surface area contributed by atoms with Crippen molar-refractivity contribution >= 4 is 17.4 Å². The Morgan fingerprint density at radius 2 is 1.55 bits per heavy atom. The van der Waals surface area contributed by atoms with Gasteiger partial charge in [-0.1, -0.05) is 48.0 Å². The van der Waals surface area contributed by atoms with Crippen molar-refractivity contribution in [2.75, 3.05) is 7.05 Å². The van der Waals surface area contributed by atoms with Gasteiger partial charge in [-0.3, -0.25) is 4.79 Å². The summed E-state index contributed by atoms with van der Waals surface area (Å²) >= 11 is 5.87. The van der Waals surface area contributed by atoms with Crippen LogP contribution in [-0.4, -0.2) is 12.8 Å². The van der Waals surface area contributed by atoms with Crippen LogP contribution in [0.4, 0.5) is 0 Å². The van der Waals surface area contributed by atoms with Crippen LogP contribution in [0.3, 0.4) is 0 Å². The van der Waals surface area contributed by atoms with Crippen molar-refractivity contribution in [3.8, 4) is 17.2 Å². The Balaban J connectivity index is 2.31. The van der Waals surface area contributed by atoms with E-state index in [1.54, 1.807) is 26.1 Å². The first-order valence-corrected chi connectivity index (χ1v) is 7.14. The van der Waals surface area contributed by atoms with E-state index in [-0.39, 0.29) is 11.4 Å². The van der Waals surface area contributed by atoms with Gasteiger partial charge >= 0.3 is 0 Å². The first-order chi connectivity index (χ1) is 10.6. The average molecular weight is 311 g/mol. The van der Waals surface area contributed by atoms with E-state index in [0.29, 0.717) is 16.3 Å². The van der Waals surface area contributed by atoms with E-state index in [0.717, 1.165) is 11.1 Å². The Morgan fingerprint density at radius 3 is 2.00 bits per heavy atom. The molecule has 110 valence electrons. The topological polar surface area (TPSA) is 52.9 Å². The fourth-order valence-electron chi connectivity index (χ4n) is 2.03. The van der Waals surface area contributed by atoms with Crippen molar-refractivity contribution in [3.05, 3.63) is 70.4 Å². The number of Topliss-reactive ketones (excluding diaryl/α,β-unsaturated/α-hetero) is 1. The van der Waals surface area contributed by atoms with E-state index < -0.39 is 0 Å². The molecule has 0 aromatic heterocycles. The second-order valence-electron chi connectivity index (χ2n) is 4.78. The third-order valence-corrected chi connectivity index (χ3v) is 3.67. The Kier molecular flexibility index (Phi) is 4.98. The van der Waals surface area contributed by atoms with Gasteiger partial charge in [-0.25, -0.2) is 0 Å². The lowest BCUT2D eigenvalue weighted by molar-refractivity contribution is 0.103. The SMILES string of the molecule is CN/C(C)=C(/C#N)C(=O)c1ccc(-c2ccc(Cl)cc2)cc1. The van der Waals surface area contributed by atoms with Crippen LogP contribution in [0, 0.1) is 11.3 Å². The number of hydrogen-bond donors (Lipinski definition) is 1. The monoisotopic (exact) mass is 310 g/mol. The molecule has 0 fully saturated rings. The van der Waals surface area contributed by atoms with Gasteiger partial charge in [-0.05, 0) is 30.2 Å². The van der Waals surface area contributed by atoms with Crippen LogP contribution in [0.25, 0.3) is 11.1 Å². The normalized spacial score (nSPS) is 11.4. The minimum Gasteiger partial charge on any atom is -0.390 e. The Morgan fingerprint density at radius 1 is 1.05 bits per heavy atom. The van der Waals surface area contributed by atoms with Crippen LogP contribution in [0.15, 0.2) is 59.8 Å². The molecule has 0 amide bonds. The molecule has 0 bridgehead atoms. The number of benzene rings is 2. The summed E-state index contributed by atoms with van der Waals surface area (Å²) in [6.07, 6.45) is 0. The molecular formula is C18H15ClN2O. The number of nitrogens with zero attached hydrogens (tertiary/aromatic N) is 1. The van der Waals surface area contributed by atoms with Crippen molar-refractivity contribution in [1.29, 1.82) is 5.26 Å². The molecule has 22 heavy (non-hydrogen) atoms. The number of carbonyl (C=O) groups excluding carboxylic acids is 1. The molecule has 1 N–H and O–H groups in total. The fraction of sp³-hybridized carbons (Fsp3) is 0.111. The molecular weight excluding hydrogens is 296 g/mol. The van der Waals surface area contributed by atoms with E-state index >= 15 is 0 Å². The number of nitriles is 1. The van der Waals surface area contributed by atoms with E-state index in [2.05, 4.69) is 5.32 Å². The molecule has 0 unspecified atom stereocenters. The van der Waals surface area contributed by atoms with Gasteiger partial charge in [0.05, 0.1) is 0 Å². The van der Waals surface area contributed by atoms with Gasteiger partial charge in [0.2, 0.25) is 5.78 Å². The second kappa shape index (κ2) is 6.93. The molecule has 3 nitrogen and oxygen atoms in total. The maximum Gasteiger partial charge on any atom is 0.205 e. The summed E-state index contributed by atoms with van der Waals surface area (Å²) < 4.78 is 0. The van der Waals surface area contributed by atoms with Crippen LogP contribution >= 0.6 is 11.6 Å². The Hall–Kier alpha value is -2.57. The summed E-state index contributed by atoms with van der Waals surface area (Å²) in [6, 6.07) is 16.6. The molecule has 0 heterocycles. The third-order valence-electron chi connectivity index (χ3n) is 3.41. The predicted molar refractivity (Wildman–Crippen MR) is 88.6 cm³/mol. The van der Waals surface area contributed by atoms with E-state index in [4.69, 9.17) is 16.9 Å². The van der Waals surface area contributed by atoms with E-state index in [1.807, 2.05) is 42.5 Å². The zero-order valence-electron chi connectivity index (χ0n) is 12.4. The summed E-state index contributed by atoms with van der Waals surface area (Å²) in [5, 5.41) is 12.7. The smallest absolute Gasteiger partial charge is 0.205 e. The predicted octanol–water partition coefficient (Wildman–Crippen LogP) is 4.21. The summed E-state index contributed by atoms with van der Waals surface area (Å²) in [5.41, 5.74) is 3.19. The van der Waals surface area contributed by atoms with Crippen LogP contribution in [-0.2, 0) is 0 Å². The number of halogens is 1. The first kappa shape index (κ1) is 15.8. The summed E-state index contributed by atoms with van der Waals surface area (Å²) in [7, 11) is 1.68. The average Bonchev–Trinajstić information content (AvgIpc) is 2.56. The molecule has 2 aromatic carbocycles. The first-order valence-electron chi connectivity index (χ1n) is 6.76. The van der Waals surface area contributed by atoms with Crippen molar-refractivity contribution in [2.45, 2.75) is 6.92 Å². The molecule has 0 spiro atoms. The van der Waals surface area contributed by atoms with Gasteiger partial charge in [0.15, 0.2) is 0 Å². The lowest BCUT2D eigenvalue weighted by atomic mass is 9.99. The highest BCUT2D eigenvalue weighted by molar-refractivity contribution is 6.30. The molecule has 0 aliphatic rings. The van der Waals surface area contributed by atoms with Gasteiger partial charge in [0.1, 0.15) is 11.6 Å². The molecule has 0 saturated carbocycles. The van der Waals surface area contributed by atoms with Gasteiger partial charge in [-0.15, -0.1) is 0 Å². The summed E-state index contributed by atoms with van der Waals surface area (Å²) in [5.74, 6) is -0.281. The highest BCUT2D eigenvalue weighted by atomic mass is 35.5. The zero-order chi connectivity index (χ0) is 16.1. The maximum atomic E-state index is 12.3. The molecule has 0 radical (unpaired) electrons. The lowest BCUT2D eigenvalue weighted by Crippen LogP contribution is -2.11. The Bertz CT molecular complexity index is 753. The molecule has 0 saturated heterocycles. The number of rotatable bonds is 4.